The second kappa shape index (κ2) is 10.9. The molecule has 164 valence electrons. The van der Waals surface area contributed by atoms with Gasteiger partial charge in [-0.25, -0.2) is 0 Å². The van der Waals surface area contributed by atoms with Gasteiger partial charge in [0.2, 0.25) is 0 Å². The SMILES string of the molecule is CCCC[C@H](C)[C@H](CC(=O)OCc1ccc([N+](=O)[O-])cc1)O[Si](C)(C)C(C)(C)C. The van der Waals surface area contributed by atoms with Crippen LogP contribution >= 0.6 is 0 Å². The Bertz CT molecular complexity index is 667. The highest BCUT2D eigenvalue weighted by molar-refractivity contribution is 6.74. The molecule has 0 heterocycles. The molecule has 29 heavy (non-hydrogen) atoms. The summed E-state index contributed by atoms with van der Waals surface area (Å²) in [6.07, 6.45) is 3.31. The van der Waals surface area contributed by atoms with Crippen LogP contribution in [0.15, 0.2) is 24.3 Å². The lowest BCUT2D eigenvalue weighted by Crippen LogP contribution is -2.46. The maximum Gasteiger partial charge on any atom is 0.308 e. The van der Waals surface area contributed by atoms with Gasteiger partial charge in [0.15, 0.2) is 8.32 Å². The van der Waals surface area contributed by atoms with Crippen molar-refractivity contribution in [1.29, 1.82) is 0 Å². The summed E-state index contributed by atoms with van der Waals surface area (Å²) in [6, 6.07) is 6.05. The minimum atomic E-state index is -2.01. The van der Waals surface area contributed by atoms with Crippen molar-refractivity contribution in [2.24, 2.45) is 5.92 Å². The maximum absolute atomic E-state index is 12.5. The van der Waals surface area contributed by atoms with Gasteiger partial charge in [0, 0.05) is 12.1 Å². The number of carbonyl (C=O) groups excluding carboxylic acids is 1. The van der Waals surface area contributed by atoms with Crippen LogP contribution in [0.2, 0.25) is 18.1 Å². The fourth-order valence-electron chi connectivity index (χ4n) is 2.73. The standard InChI is InChI=1S/C22H37NO5Si/c1-8-9-10-17(2)20(28-29(6,7)22(3,4)5)15-21(24)27-16-18-11-13-19(14-12-18)23(25)26/h11-14,17,20H,8-10,15-16H2,1-7H3/t17-,20-/m0/s1. The molecule has 0 aliphatic rings. The minimum Gasteiger partial charge on any atom is -0.461 e. The van der Waals surface area contributed by atoms with Crippen molar-refractivity contribution in [2.75, 3.05) is 0 Å². The number of hydrogen-bond acceptors (Lipinski definition) is 5. The molecule has 0 fully saturated rings. The van der Waals surface area contributed by atoms with Crippen LogP contribution in [0.5, 0.6) is 0 Å². The molecule has 0 saturated heterocycles. The first-order valence-corrected chi connectivity index (χ1v) is 13.3. The van der Waals surface area contributed by atoms with Crippen molar-refractivity contribution in [2.45, 2.75) is 91.1 Å². The van der Waals surface area contributed by atoms with Crippen molar-refractivity contribution in [3.05, 3.63) is 39.9 Å². The number of carbonyl (C=O) groups is 1. The summed E-state index contributed by atoms with van der Waals surface area (Å²) in [5, 5.41) is 10.8. The molecule has 7 heteroatoms. The Kier molecular flexibility index (Phi) is 9.49. The van der Waals surface area contributed by atoms with Crippen molar-refractivity contribution < 1.29 is 18.9 Å². The number of unbranched alkanes of at least 4 members (excludes halogenated alkanes) is 1. The van der Waals surface area contributed by atoms with Crippen LogP contribution in [-0.4, -0.2) is 25.3 Å². The van der Waals surface area contributed by atoms with Crippen molar-refractivity contribution in [3.63, 3.8) is 0 Å². The van der Waals surface area contributed by atoms with Gasteiger partial charge in [-0.05, 0) is 48.2 Å². The monoisotopic (exact) mass is 423 g/mol. The van der Waals surface area contributed by atoms with E-state index in [1.54, 1.807) is 12.1 Å². The summed E-state index contributed by atoms with van der Waals surface area (Å²) in [4.78, 5) is 22.8. The van der Waals surface area contributed by atoms with E-state index in [4.69, 9.17) is 9.16 Å². The fourth-order valence-corrected chi connectivity index (χ4v) is 4.15. The van der Waals surface area contributed by atoms with Crippen LogP contribution in [0.4, 0.5) is 5.69 Å². The molecule has 0 aliphatic heterocycles. The van der Waals surface area contributed by atoms with Gasteiger partial charge >= 0.3 is 5.97 Å². The molecule has 0 spiro atoms. The molecule has 1 aromatic carbocycles. The van der Waals surface area contributed by atoms with Crippen molar-refractivity contribution >= 4 is 20.0 Å². The zero-order valence-corrected chi connectivity index (χ0v) is 20.0. The van der Waals surface area contributed by atoms with E-state index in [1.807, 2.05) is 0 Å². The second-order valence-corrected chi connectivity index (χ2v) is 14.1. The molecule has 1 aromatic rings. The van der Waals surface area contributed by atoms with Crippen LogP contribution in [0.25, 0.3) is 0 Å². The topological polar surface area (TPSA) is 78.7 Å². The van der Waals surface area contributed by atoms with Gasteiger partial charge in [-0.15, -0.1) is 0 Å². The van der Waals surface area contributed by atoms with E-state index in [9.17, 15) is 14.9 Å². The van der Waals surface area contributed by atoms with Crippen LogP contribution in [-0.2, 0) is 20.6 Å². The van der Waals surface area contributed by atoms with Gasteiger partial charge in [0.05, 0.1) is 17.4 Å². The Balaban J connectivity index is 2.75. The lowest BCUT2D eigenvalue weighted by Gasteiger charge is -2.40. The lowest BCUT2D eigenvalue weighted by molar-refractivity contribution is -0.384. The van der Waals surface area contributed by atoms with Crippen molar-refractivity contribution in [3.8, 4) is 0 Å². The minimum absolute atomic E-state index is 0.0210. The highest BCUT2D eigenvalue weighted by Crippen LogP contribution is 2.39. The molecule has 2 atom stereocenters. The highest BCUT2D eigenvalue weighted by Gasteiger charge is 2.40. The highest BCUT2D eigenvalue weighted by atomic mass is 28.4. The lowest BCUT2D eigenvalue weighted by atomic mass is 9.96. The van der Waals surface area contributed by atoms with Gasteiger partial charge in [-0.1, -0.05) is 47.5 Å². The molecule has 0 aromatic heterocycles. The summed E-state index contributed by atoms with van der Waals surface area (Å²) < 4.78 is 12.0. The first-order valence-electron chi connectivity index (χ1n) is 10.4. The van der Waals surface area contributed by atoms with Gasteiger partial charge < -0.3 is 9.16 Å². The third kappa shape index (κ3) is 8.26. The normalized spacial score (nSPS) is 14.3. The van der Waals surface area contributed by atoms with Crippen LogP contribution < -0.4 is 0 Å². The zero-order chi connectivity index (χ0) is 22.2. The van der Waals surface area contributed by atoms with Crippen LogP contribution in [0.1, 0.15) is 65.9 Å². The number of ether oxygens (including phenoxy) is 1. The molecule has 1 rings (SSSR count). The first kappa shape index (κ1) is 25.3. The molecule has 0 unspecified atom stereocenters. The molecule has 6 nitrogen and oxygen atoms in total. The summed E-state index contributed by atoms with van der Waals surface area (Å²) in [5.41, 5.74) is 0.748. The van der Waals surface area contributed by atoms with Crippen LogP contribution in [0.3, 0.4) is 0 Å². The van der Waals surface area contributed by atoms with E-state index in [0.29, 0.717) is 0 Å². The molecule has 0 radical (unpaired) electrons. The van der Waals surface area contributed by atoms with E-state index < -0.39 is 13.2 Å². The quantitative estimate of drug-likeness (QED) is 0.182. The number of benzene rings is 1. The smallest absolute Gasteiger partial charge is 0.308 e. The second-order valence-electron chi connectivity index (χ2n) is 9.32. The van der Waals surface area contributed by atoms with Gasteiger partial charge in [-0.3, -0.25) is 14.9 Å². The Morgan fingerprint density at radius 1 is 1.21 bits per heavy atom. The zero-order valence-electron chi connectivity index (χ0n) is 19.0. The van der Waals surface area contributed by atoms with E-state index >= 15 is 0 Å². The Labute approximate surface area is 176 Å². The predicted octanol–water partition coefficient (Wildman–Crippen LogP) is 6.24. The molecular formula is C22H37NO5Si. The van der Waals surface area contributed by atoms with Gasteiger partial charge in [-0.2, -0.15) is 0 Å². The number of nitro benzene ring substituents is 1. The molecule has 0 saturated carbocycles. The Morgan fingerprint density at radius 2 is 1.79 bits per heavy atom. The number of hydrogen-bond donors (Lipinski definition) is 0. The number of non-ortho nitro benzene ring substituents is 1. The third-order valence-corrected chi connectivity index (χ3v) is 10.3. The van der Waals surface area contributed by atoms with E-state index in [1.165, 1.54) is 12.1 Å². The molecule has 0 N–H and O–H groups in total. The average Bonchev–Trinajstić information content (AvgIpc) is 2.63. The summed E-state index contributed by atoms with van der Waals surface area (Å²) in [5.74, 6) is -0.0218. The first-order chi connectivity index (χ1) is 13.4. The third-order valence-electron chi connectivity index (χ3n) is 5.81. The number of esters is 1. The summed E-state index contributed by atoms with van der Waals surface area (Å²) in [7, 11) is -2.01. The molecule has 0 bridgehead atoms. The number of nitrogens with zero attached hydrogens (tertiary/aromatic N) is 1. The fraction of sp³-hybridized carbons (Fsp3) is 0.682. The maximum atomic E-state index is 12.5. The average molecular weight is 424 g/mol. The predicted molar refractivity (Wildman–Crippen MR) is 118 cm³/mol. The largest absolute Gasteiger partial charge is 0.461 e. The number of rotatable bonds is 11. The summed E-state index contributed by atoms with van der Waals surface area (Å²) >= 11 is 0. The van der Waals surface area contributed by atoms with Crippen LogP contribution in [0, 0.1) is 16.0 Å². The van der Waals surface area contributed by atoms with Gasteiger partial charge in [0.1, 0.15) is 6.61 Å². The number of nitro groups is 1. The van der Waals surface area contributed by atoms with E-state index in [0.717, 1.165) is 24.8 Å². The van der Waals surface area contributed by atoms with E-state index in [2.05, 4.69) is 47.7 Å². The Morgan fingerprint density at radius 3 is 2.28 bits per heavy atom. The molecule has 0 amide bonds. The van der Waals surface area contributed by atoms with Gasteiger partial charge in [0.25, 0.3) is 5.69 Å². The molecular weight excluding hydrogens is 386 g/mol. The van der Waals surface area contributed by atoms with Crippen molar-refractivity contribution in [1.82, 2.24) is 0 Å². The van der Waals surface area contributed by atoms with E-state index in [-0.39, 0.29) is 41.7 Å². The summed E-state index contributed by atoms with van der Waals surface area (Å²) in [6.45, 7) is 15.4. The molecule has 0 aliphatic carbocycles. The Hall–Kier alpha value is -1.73.